The summed E-state index contributed by atoms with van der Waals surface area (Å²) in [6, 6.07) is 4.15. The van der Waals surface area contributed by atoms with Crippen molar-refractivity contribution in [2.45, 2.75) is 24.1 Å². The molecule has 1 amide bonds. The quantitative estimate of drug-likeness (QED) is 0.324. The van der Waals surface area contributed by atoms with Crippen LogP contribution >= 0.6 is 45.8 Å². The highest BCUT2D eigenvalue weighted by molar-refractivity contribution is 8.01. The van der Waals surface area contributed by atoms with E-state index in [0.717, 1.165) is 22.4 Å². The van der Waals surface area contributed by atoms with Gasteiger partial charge in [-0.15, -0.1) is 32.9 Å². The van der Waals surface area contributed by atoms with Gasteiger partial charge in [0, 0.05) is 16.8 Å². The lowest BCUT2D eigenvalue weighted by atomic mass is 10.3. The van der Waals surface area contributed by atoms with E-state index in [0.29, 0.717) is 17.4 Å². The average molecular weight is 470 g/mol. The maximum Gasteiger partial charge on any atom is 0.311 e. The molecular weight excluding hydrogens is 450 g/mol. The van der Waals surface area contributed by atoms with Crippen LogP contribution in [0.4, 0.5) is 10.3 Å². The highest BCUT2D eigenvalue weighted by atomic mass is 32.2. The molecule has 0 saturated heterocycles. The van der Waals surface area contributed by atoms with Gasteiger partial charge < -0.3 is 15.4 Å². The van der Waals surface area contributed by atoms with Gasteiger partial charge in [-0.1, -0.05) is 29.2 Å². The Kier molecular flexibility index (Phi) is 8.40. The van der Waals surface area contributed by atoms with Gasteiger partial charge in [0.2, 0.25) is 11.0 Å². The highest BCUT2D eigenvalue weighted by Crippen LogP contribution is 2.26. The van der Waals surface area contributed by atoms with Gasteiger partial charge in [0.05, 0.1) is 24.5 Å². The molecule has 8 nitrogen and oxygen atoms in total. The first-order chi connectivity index (χ1) is 14.1. The average Bonchev–Trinajstić information content (AvgIpc) is 3.43. The number of amides is 1. The third-order valence-corrected chi connectivity index (χ3v) is 7.15. The minimum Gasteiger partial charge on any atom is -0.466 e. The van der Waals surface area contributed by atoms with Gasteiger partial charge in [-0.2, -0.15) is 0 Å². The number of anilines is 2. The van der Waals surface area contributed by atoms with Crippen LogP contribution in [0.2, 0.25) is 0 Å². The number of ether oxygens (including phenoxy) is 1. The summed E-state index contributed by atoms with van der Waals surface area (Å²) in [6.07, 6.45) is 1.04. The van der Waals surface area contributed by atoms with E-state index >= 15 is 0 Å². The zero-order valence-electron chi connectivity index (χ0n) is 15.5. The van der Waals surface area contributed by atoms with E-state index in [-0.39, 0.29) is 24.1 Å². The lowest BCUT2D eigenvalue weighted by Gasteiger charge is -2.00. The Morgan fingerprint density at radius 1 is 1.24 bits per heavy atom. The van der Waals surface area contributed by atoms with Crippen molar-refractivity contribution in [1.29, 1.82) is 0 Å². The zero-order chi connectivity index (χ0) is 20.5. The van der Waals surface area contributed by atoms with E-state index in [1.165, 1.54) is 39.3 Å². The molecule has 2 N–H and O–H groups in total. The summed E-state index contributed by atoms with van der Waals surface area (Å²) in [6.45, 7) is 2.88. The highest BCUT2D eigenvalue weighted by Gasteiger charge is 2.12. The number of hydrogen-bond acceptors (Lipinski definition) is 11. The van der Waals surface area contributed by atoms with E-state index < -0.39 is 0 Å². The van der Waals surface area contributed by atoms with Crippen molar-refractivity contribution in [3.05, 3.63) is 33.5 Å². The Morgan fingerprint density at radius 3 is 2.93 bits per heavy atom. The smallest absolute Gasteiger partial charge is 0.311 e. The largest absolute Gasteiger partial charge is 0.466 e. The van der Waals surface area contributed by atoms with Crippen molar-refractivity contribution in [2.75, 3.05) is 29.5 Å². The molecule has 0 saturated carbocycles. The molecule has 3 heterocycles. The van der Waals surface area contributed by atoms with E-state index in [9.17, 15) is 9.59 Å². The summed E-state index contributed by atoms with van der Waals surface area (Å²) in [4.78, 5) is 29.1. The number of rotatable bonds is 11. The van der Waals surface area contributed by atoms with Crippen LogP contribution < -0.4 is 10.6 Å². The summed E-state index contributed by atoms with van der Waals surface area (Å²) in [5.41, 5.74) is 0.582. The first-order valence-corrected chi connectivity index (χ1v) is 12.3. The fourth-order valence-corrected chi connectivity index (χ4v) is 5.19. The number of carbonyl (C=O) groups is 2. The van der Waals surface area contributed by atoms with Crippen LogP contribution in [0, 0.1) is 0 Å². The van der Waals surface area contributed by atoms with Gasteiger partial charge in [-0.3, -0.25) is 9.59 Å². The lowest BCUT2D eigenvalue weighted by Crippen LogP contribution is -2.14. The summed E-state index contributed by atoms with van der Waals surface area (Å²) in [5, 5.41) is 19.2. The minimum atomic E-state index is -0.331. The number of aromatic nitrogens is 3. The first-order valence-electron chi connectivity index (χ1n) is 8.75. The fraction of sp³-hybridized carbons (Fsp3) is 0.353. The van der Waals surface area contributed by atoms with Crippen molar-refractivity contribution in [3.8, 4) is 0 Å². The molecule has 0 aromatic carbocycles. The molecule has 0 bridgehead atoms. The number of hydrogen-bond donors (Lipinski definition) is 2. The normalized spacial score (nSPS) is 10.7. The molecule has 3 rings (SSSR count). The molecule has 154 valence electrons. The molecule has 3 aromatic heterocycles. The van der Waals surface area contributed by atoms with Gasteiger partial charge in [0.1, 0.15) is 0 Å². The molecule has 3 aromatic rings. The van der Waals surface area contributed by atoms with Gasteiger partial charge >= 0.3 is 5.97 Å². The number of thiophene rings is 1. The second-order valence-corrected chi connectivity index (χ2v) is 9.68. The van der Waals surface area contributed by atoms with Crippen LogP contribution in [-0.4, -0.2) is 46.0 Å². The van der Waals surface area contributed by atoms with Crippen LogP contribution in [0.3, 0.4) is 0 Å². The fourth-order valence-electron chi connectivity index (χ4n) is 2.18. The Hall–Kier alpha value is -2.02. The van der Waals surface area contributed by atoms with E-state index in [1.807, 2.05) is 6.07 Å². The van der Waals surface area contributed by atoms with Crippen LogP contribution in [0.25, 0.3) is 0 Å². The first kappa shape index (κ1) is 21.7. The molecule has 0 aliphatic rings. The van der Waals surface area contributed by atoms with E-state index in [1.54, 1.807) is 23.6 Å². The monoisotopic (exact) mass is 469 g/mol. The molecule has 0 spiro atoms. The summed E-state index contributed by atoms with van der Waals surface area (Å²) in [5.74, 6) is -0.312. The topological polar surface area (TPSA) is 106 Å². The molecule has 0 fully saturated rings. The Morgan fingerprint density at radius 2 is 2.14 bits per heavy atom. The third kappa shape index (κ3) is 7.38. The molecule has 29 heavy (non-hydrogen) atoms. The number of nitrogens with one attached hydrogen (secondary N) is 2. The molecular formula is C17H19N5O3S4. The predicted molar refractivity (Wildman–Crippen MR) is 118 cm³/mol. The van der Waals surface area contributed by atoms with E-state index in [4.69, 9.17) is 4.74 Å². The zero-order valence-corrected chi connectivity index (χ0v) is 18.8. The van der Waals surface area contributed by atoms with Crippen molar-refractivity contribution in [3.63, 3.8) is 0 Å². The number of thiazole rings is 1. The lowest BCUT2D eigenvalue weighted by molar-refractivity contribution is -0.142. The van der Waals surface area contributed by atoms with Crippen molar-refractivity contribution in [1.82, 2.24) is 15.2 Å². The van der Waals surface area contributed by atoms with Crippen LogP contribution in [0.15, 0.2) is 27.2 Å². The number of nitrogens with zero attached hydrogens (tertiary/aromatic N) is 3. The van der Waals surface area contributed by atoms with Crippen molar-refractivity contribution in [2.24, 2.45) is 0 Å². The SMILES string of the molecule is CCOC(=O)Cc1csc(NC(=O)CSc2nnc(NCCc3cccs3)s2)n1. The summed E-state index contributed by atoms with van der Waals surface area (Å²) in [7, 11) is 0. The molecule has 0 atom stereocenters. The van der Waals surface area contributed by atoms with Crippen molar-refractivity contribution < 1.29 is 14.3 Å². The molecule has 0 unspecified atom stereocenters. The van der Waals surface area contributed by atoms with Gasteiger partial charge in [0.15, 0.2) is 9.47 Å². The van der Waals surface area contributed by atoms with E-state index in [2.05, 4.69) is 37.3 Å². The summed E-state index contributed by atoms with van der Waals surface area (Å²) < 4.78 is 5.61. The maximum atomic E-state index is 12.1. The second kappa shape index (κ2) is 11.2. The Balaban J connectivity index is 1.38. The standard InChI is InChI=1S/C17H19N5O3S4/c1-2-25-14(24)8-11-9-27-16(19-11)20-13(23)10-28-17-22-21-15(29-17)18-6-5-12-4-3-7-26-12/h3-4,7,9H,2,5-6,8,10H2,1H3,(H,18,21)(H,19,20,23). The van der Waals surface area contributed by atoms with Crippen LogP contribution in [0.1, 0.15) is 17.5 Å². The second-order valence-electron chi connectivity index (χ2n) is 5.59. The summed E-state index contributed by atoms with van der Waals surface area (Å²) >= 11 is 5.75. The molecule has 0 aliphatic carbocycles. The minimum absolute atomic E-state index is 0.0992. The molecule has 0 aliphatic heterocycles. The molecule has 0 radical (unpaired) electrons. The predicted octanol–water partition coefficient (Wildman–Crippen LogP) is 3.55. The molecule has 12 heteroatoms. The van der Waals surface area contributed by atoms with Gasteiger partial charge in [-0.25, -0.2) is 4.98 Å². The Bertz CT molecular complexity index is 925. The van der Waals surface area contributed by atoms with Crippen LogP contribution in [-0.2, 0) is 27.2 Å². The van der Waals surface area contributed by atoms with Gasteiger partial charge in [0.25, 0.3) is 0 Å². The number of thioether (sulfide) groups is 1. The van der Waals surface area contributed by atoms with Crippen molar-refractivity contribution >= 4 is 67.9 Å². The van der Waals surface area contributed by atoms with Gasteiger partial charge in [-0.05, 0) is 24.8 Å². The number of carbonyl (C=O) groups excluding carboxylic acids is 2. The Labute approximate surface area is 184 Å². The number of esters is 1. The maximum absolute atomic E-state index is 12.1. The third-order valence-electron chi connectivity index (χ3n) is 3.39. The van der Waals surface area contributed by atoms with Crippen LogP contribution in [0.5, 0.6) is 0 Å².